The summed E-state index contributed by atoms with van der Waals surface area (Å²) in [5.41, 5.74) is 1.12. The van der Waals surface area contributed by atoms with Gasteiger partial charge >= 0.3 is 0 Å². The summed E-state index contributed by atoms with van der Waals surface area (Å²) in [5, 5.41) is 14.5. The molecule has 1 aromatic rings. The molecule has 1 atom stereocenters. The van der Waals surface area contributed by atoms with E-state index in [0.717, 1.165) is 12.1 Å². The fourth-order valence-corrected chi connectivity index (χ4v) is 1.66. The average Bonchev–Trinajstić information content (AvgIpc) is 2.36. The zero-order valence-electron chi connectivity index (χ0n) is 10.1. The van der Waals surface area contributed by atoms with E-state index >= 15 is 0 Å². The zero-order chi connectivity index (χ0) is 12.5. The molecule has 17 heavy (non-hydrogen) atoms. The van der Waals surface area contributed by atoms with Gasteiger partial charge in [-0.25, -0.2) is 0 Å². The normalized spacial score (nSPS) is 12.1. The molecule has 0 fully saturated rings. The van der Waals surface area contributed by atoms with Crippen molar-refractivity contribution in [1.82, 2.24) is 10.6 Å². The summed E-state index contributed by atoms with van der Waals surface area (Å²) in [5.74, 6) is -0.0650. The summed E-state index contributed by atoms with van der Waals surface area (Å²) >= 11 is 0. The van der Waals surface area contributed by atoms with Gasteiger partial charge in [0.1, 0.15) is 0 Å². The van der Waals surface area contributed by atoms with E-state index in [9.17, 15) is 4.79 Å². The minimum atomic E-state index is -0.242. The van der Waals surface area contributed by atoms with Gasteiger partial charge in [-0.05, 0) is 18.5 Å². The van der Waals surface area contributed by atoms with Crippen LogP contribution in [0.15, 0.2) is 30.3 Å². The number of carbonyl (C=O) groups is 1. The number of aliphatic hydroxyl groups excluding tert-OH is 1. The van der Waals surface area contributed by atoms with Crippen LogP contribution in [0.4, 0.5) is 0 Å². The Morgan fingerprint density at radius 3 is 2.65 bits per heavy atom. The molecule has 0 radical (unpaired) electrons. The molecule has 0 heterocycles. The van der Waals surface area contributed by atoms with Crippen LogP contribution in [0.5, 0.6) is 0 Å². The highest BCUT2D eigenvalue weighted by Crippen LogP contribution is 2.03. The molecule has 0 saturated heterocycles. The number of benzene rings is 1. The second-order valence-corrected chi connectivity index (χ2v) is 3.81. The van der Waals surface area contributed by atoms with Gasteiger partial charge in [-0.2, -0.15) is 0 Å². The molecule has 1 rings (SSSR count). The molecule has 0 spiro atoms. The molecule has 0 bridgehead atoms. The monoisotopic (exact) mass is 236 g/mol. The van der Waals surface area contributed by atoms with Crippen molar-refractivity contribution >= 4 is 5.91 Å². The third kappa shape index (κ3) is 4.97. The zero-order valence-corrected chi connectivity index (χ0v) is 10.1. The molecule has 0 aliphatic heterocycles. The van der Waals surface area contributed by atoms with Crippen LogP contribution >= 0.6 is 0 Å². The first-order valence-corrected chi connectivity index (χ1v) is 5.93. The van der Waals surface area contributed by atoms with Crippen LogP contribution in [0.2, 0.25) is 0 Å². The molecular formula is C13H20N2O2. The SMILES string of the molecule is CCN[C@@H](Cc1ccccc1)C(=O)NCCO. The second-order valence-electron chi connectivity index (χ2n) is 3.81. The Labute approximate surface area is 102 Å². The number of carbonyl (C=O) groups excluding carboxylic acids is 1. The van der Waals surface area contributed by atoms with Crippen LogP contribution < -0.4 is 10.6 Å². The molecule has 0 aliphatic rings. The van der Waals surface area contributed by atoms with Crippen molar-refractivity contribution in [2.45, 2.75) is 19.4 Å². The first kappa shape index (κ1) is 13.7. The van der Waals surface area contributed by atoms with E-state index in [1.165, 1.54) is 0 Å². The highest BCUT2D eigenvalue weighted by molar-refractivity contribution is 5.82. The minimum Gasteiger partial charge on any atom is -0.395 e. The number of hydrogen-bond acceptors (Lipinski definition) is 3. The number of amides is 1. The van der Waals surface area contributed by atoms with Crippen molar-refractivity contribution in [3.63, 3.8) is 0 Å². The van der Waals surface area contributed by atoms with Gasteiger partial charge in [0.2, 0.25) is 5.91 Å². The summed E-state index contributed by atoms with van der Waals surface area (Å²) in [6.45, 7) is 2.98. The second kappa shape index (κ2) is 7.81. The van der Waals surface area contributed by atoms with Crippen LogP contribution in [0.25, 0.3) is 0 Å². The number of hydrogen-bond donors (Lipinski definition) is 3. The fraction of sp³-hybridized carbons (Fsp3) is 0.462. The van der Waals surface area contributed by atoms with Gasteiger partial charge in [-0.1, -0.05) is 37.3 Å². The van der Waals surface area contributed by atoms with Crippen LogP contribution in [-0.4, -0.2) is 36.8 Å². The van der Waals surface area contributed by atoms with Crippen molar-refractivity contribution in [3.05, 3.63) is 35.9 Å². The predicted molar refractivity (Wildman–Crippen MR) is 67.7 cm³/mol. The molecule has 4 heteroatoms. The lowest BCUT2D eigenvalue weighted by Gasteiger charge is -2.17. The Kier molecular flexibility index (Phi) is 6.29. The molecule has 3 N–H and O–H groups in total. The number of nitrogens with one attached hydrogen (secondary N) is 2. The van der Waals surface area contributed by atoms with Crippen molar-refractivity contribution < 1.29 is 9.90 Å². The predicted octanol–water partition coefficient (Wildman–Crippen LogP) is 0.316. The van der Waals surface area contributed by atoms with E-state index in [2.05, 4.69) is 10.6 Å². The van der Waals surface area contributed by atoms with Crippen LogP contribution in [0, 0.1) is 0 Å². The Morgan fingerprint density at radius 2 is 2.06 bits per heavy atom. The van der Waals surface area contributed by atoms with Gasteiger partial charge in [-0.3, -0.25) is 4.79 Å². The highest BCUT2D eigenvalue weighted by atomic mass is 16.3. The maximum atomic E-state index is 11.8. The molecule has 0 saturated carbocycles. The van der Waals surface area contributed by atoms with E-state index < -0.39 is 0 Å². The third-order valence-electron chi connectivity index (χ3n) is 2.46. The van der Waals surface area contributed by atoms with Gasteiger partial charge < -0.3 is 15.7 Å². The standard InChI is InChI=1S/C13H20N2O2/c1-2-14-12(13(17)15-8-9-16)10-11-6-4-3-5-7-11/h3-7,12,14,16H,2,8-10H2,1H3,(H,15,17)/t12-/m0/s1. The van der Waals surface area contributed by atoms with E-state index in [1.807, 2.05) is 37.3 Å². The topological polar surface area (TPSA) is 61.4 Å². The molecule has 1 amide bonds. The van der Waals surface area contributed by atoms with E-state index in [1.54, 1.807) is 0 Å². The van der Waals surface area contributed by atoms with E-state index in [-0.39, 0.29) is 18.6 Å². The minimum absolute atomic E-state index is 0.0318. The maximum absolute atomic E-state index is 11.8. The van der Waals surface area contributed by atoms with Crippen LogP contribution in [0.1, 0.15) is 12.5 Å². The molecule has 1 aromatic carbocycles. The Hall–Kier alpha value is -1.39. The quantitative estimate of drug-likeness (QED) is 0.639. The van der Waals surface area contributed by atoms with Gasteiger partial charge in [0.05, 0.1) is 12.6 Å². The van der Waals surface area contributed by atoms with Gasteiger partial charge in [0.25, 0.3) is 0 Å². The third-order valence-corrected chi connectivity index (χ3v) is 2.46. The lowest BCUT2D eigenvalue weighted by Crippen LogP contribution is -2.46. The molecule has 94 valence electrons. The first-order valence-electron chi connectivity index (χ1n) is 5.93. The summed E-state index contributed by atoms with van der Waals surface area (Å²) in [7, 11) is 0. The van der Waals surface area contributed by atoms with Crippen LogP contribution in [-0.2, 0) is 11.2 Å². The Bertz CT molecular complexity index is 327. The smallest absolute Gasteiger partial charge is 0.237 e. The summed E-state index contributed by atoms with van der Waals surface area (Å²) in [6.07, 6.45) is 0.659. The maximum Gasteiger partial charge on any atom is 0.237 e. The molecule has 0 aromatic heterocycles. The summed E-state index contributed by atoms with van der Waals surface area (Å²) < 4.78 is 0. The van der Waals surface area contributed by atoms with Crippen molar-refractivity contribution in [3.8, 4) is 0 Å². The van der Waals surface area contributed by atoms with Crippen LogP contribution in [0.3, 0.4) is 0 Å². The number of likely N-dealkylation sites (N-methyl/N-ethyl adjacent to an activating group) is 1. The lowest BCUT2D eigenvalue weighted by molar-refractivity contribution is -0.123. The molecular weight excluding hydrogens is 216 g/mol. The molecule has 4 nitrogen and oxygen atoms in total. The van der Waals surface area contributed by atoms with Crippen molar-refractivity contribution in [1.29, 1.82) is 0 Å². The average molecular weight is 236 g/mol. The Morgan fingerprint density at radius 1 is 1.35 bits per heavy atom. The lowest BCUT2D eigenvalue weighted by atomic mass is 10.1. The summed E-state index contributed by atoms with van der Waals surface area (Å²) in [4.78, 5) is 11.8. The number of rotatable bonds is 7. The summed E-state index contributed by atoms with van der Waals surface area (Å²) in [6, 6.07) is 9.65. The van der Waals surface area contributed by atoms with E-state index in [4.69, 9.17) is 5.11 Å². The molecule has 0 unspecified atom stereocenters. The largest absolute Gasteiger partial charge is 0.395 e. The Balaban J connectivity index is 2.56. The first-order chi connectivity index (χ1) is 8.27. The van der Waals surface area contributed by atoms with Crippen molar-refractivity contribution in [2.24, 2.45) is 0 Å². The van der Waals surface area contributed by atoms with E-state index in [0.29, 0.717) is 13.0 Å². The highest BCUT2D eigenvalue weighted by Gasteiger charge is 2.16. The molecule has 0 aliphatic carbocycles. The number of aliphatic hydroxyl groups is 1. The van der Waals surface area contributed by atoms with Gasteiger partial charge in [-0.15, -0.1) is 0 Å². The fourth-order valence-electron chi connectivity index (χ4n) is 1.66. The van der Waals surface area contributed by atoms with Gasteiger partial charge in [0, 0.05) is 6.54 Å². The van der Waals surface area contributed by atoms with Crippen molar-refractivity contribution in [2.75, 3.05) is 19.7 Å². The van der Waals surface area contributed by atoms with Gasteiger partial charge in [0.15, 0.2) is 0 Å².